The number of anilines is 1. The lowest BCUT2D eigenvalue weighted by atomic mass is 10.0. The molecule has 0 aliphatic heterocycles. The molecule has 1 heterocycles. The lowest BCUT2D eigenvalue weighted by Gasteiger charge is -2.25. The van der Waals surface area contributed by atoms with Crippen molar-refractivity contribution in [1.82, 2.24) is 9.55 Å². The van der Waals surface area contributed by atoms with Gasteiger partial charge in [0.15, 0.2) is 0 Å². The Morgan fingerprint density at radius 1 is 1.50 bits per heavy atom. The van der Waals surface area contributed by atoms with Gasteiger partial charge < -0.3 is 14.6 Å². The van der Waals surface area contributed by atoms with Crippen molar-refractivity contribution in [3.63, 3.8) is 0 Å². The summed E-state index contributed by atoms with van der Waals surface area (Å²) < 4.78 is 7.18. The molecule has 0 fully saturated rings. The van der Waals surface area contributed by atoms with Crippen LogP contribution in [0.4, 0.5) is 5.95 Å². The van der Waals surface area contributed by atoms with E-state index in [1.54, 1.807) is 7.11 Å². The number of nitrogens with zero attached hydrogens (tertiary/aromatic N) is 2. The fourth-order valence-electron chi connectivity index (χ4n) is 1.38. The summed E-state index contributed by atoms with van der Waals surface area (Å²) in [6.07, 6.45) is 5.91. The fourth-order valence-corrected chi connectivity index (χ4v) is 1.38. The van der Waals surface area contributed by atoms with Crippen LogP contribution in [0.2, 0.25) is 0 Å². The van der Waals surface area contributed by atoms with Gasteiger partial charge in [-0.2, -0.15) is 0 Å². The van der Waals surface area contributed by atoms with Crippen molar-refractivity contribution < 1.29 is 4.74 Å². The van der Waals surface area contributed by atoms with Crippen LogP contribution in [0.1, 0.15) is 33.6 Å². The van der Waals surface area contributed by atoms with Crippen LogP contribution in [0.3, 0.4) is 0 Å². The first-order chi connectivity index (χ1) is 7.59. The second kappa shape index (κ2) is 5.89. The number of aryl methyl sites for hydroxylation is 1. The van der Waals surface area contributed by atoms with Crippen molar-refractivity contribution in [3.05, 3.63) is 12.4 Å². The first-order valence-corrected chi connectivity index (χ1v) is 5.87. The van der Waals surface area contributed by atoms with Crippen LogP contribution in [0, 0.1) is 0 Å². The first-order valence-electron chi connectivity index (χ1n) is 5.87. The molecular weight excluding hydrogens is 202 g/mol. The van der Waals surface area contributed by atoms with E-state index in [0.29, 0.717) is 0 Å². The van der Waals surface area contributed by atoms with Crippen LogP contribution >= 0.6 is 0 Å². The van der Waals surface area contributed by atoms with Crippen LogP contribution in [0.15, 0.2) is 12.4 Å². The fraction of sp³-hybridized carbons (Fsp3) is 0.750. The number of rotatable bonds is 7. The number of hydrogen-bond donors (Lipinski definition) is 1. The quantitative estimate of drug-likeness (QED) is 0.725. The van der Waals surface area contributed by atoms with Crippen molar-refractivity contribution in [2.75, 3.05) is 19.0 Å². The summed E-state index contributed by atoms with van der Waals surface area (Å²) in [6, 6.07) is 0. The van der Waals surface area contributed by atoms with Gasteiger partial charge in [0.2, 0.25) is 5.95 Å². The maximum Gasteiger partial charge on any atom is 0.203 e. The number of methoxy groups -OCH3 is 1. The van der Waals surface area contributed by atoms with Gasteiger partial charge in [-0.3, -0.25) is 0 Å². The van der Waals surface area contributed by atoms with Gasteiger partial charge in [0, 0.05) is 38.2 Å². The Bertz CT molecular complexity index is 307. The molecular formula is C12H23N3O. The number of ether oxygens (including phenoxy) is 1. The van der Waals surface area contributed by atoms with Crippen molar-refractivity contribution in [1.29, 1.82) is 0 Å². The Labute approximate surface area is 98.0 Å². The van der Waals surface area contributed by atoms with Gasteiger partial charge in [-0.25, -0.2) is 4.98 Å². The Morgan fingerprint density at radius 2 is 2.25 bits per heavy atom. The molecule has 1 rings (SSSR count). The topological polar surface area (TPSA) is 39.1 Å². The highest BCUT2D eigenvalue weighted by atomic mass is 16.5. The number of aromatic nitrogens is 2. The average Bonchev–Trinajstić information content (AvgIpc) is 2.66. The highest BCUT2D eigenvalue weighted by molar-refractivity contribution is 5.29. The standard InChI is InChI=1S/C12H23N3O/c1-5-12(2,3)14-11-13-7-9-15(11)8-6-10-16-4/h7,9H,5-6,8,10H2,1-4H3,(H,13,14). The van der Waals surface area contributed by atoms with Crippen LogP contribution in [-0.2, 0) is 11.3 Å². The summed E-state index contributed by atoms with van der Waals surface area (Å²) >= 11 is 0. The summed E-state index contributed by atoms with van der Waals surface area (Å²) in [6.45, 7) is 8.26. The highest BCUT2D eigenvalue weighted by Gasteiger charge is 2.16. The molecule has 1 aromatic rings. The highest BCUT2D eigenvalue weighted by Crippen LogP contribution is 2.16. The Morgan fingerprint density at radius 3 is 2.88 bits per heavy atom. The molecule has 4 nitrogen and oxygen atoms in total. The van der Waals surface area contributed by atoms with Crippen molar-refractivity contribution in [3.8, 4) is 0 Å². The molecule has 0 spiro atoms. The second-order valence-corrected chi connectivity index (χ2v) is 4.65. The SMILES string of the molecule is CCC(C)(C)Nc1nccn1CCCOC. The average molecular weight is 225 g/mol. The molecule has 0 aromatic carbocycles. The zero-order valence-electron chi connectivity index (χ0n) is 10.8. The van der Waals surface area contributed by atoms with E-state index in [-0.39, 0.29) is 5.54 Å². The van der Waals surface area contributed by atoms with Gasteiger partial charge in [0.1, 0.15) is 0 Å². The first kappa shape index (κ1) is 13.0. The van der Waals surface area contributed by atoms with E-state index in [1.807, 2.05) is 12.4 Å². The summed E-state index contributed by atoms with van der Waals surface area (Å²) in [5.41, 5.74) is 0.0877. The molecule has 1 N–H and O–H groups in total. The van der Waals surface area contributed by atoms with E-state index >= 15 is 0 Å². The minimum atomic E-state index is 0.0877. The van der Waals surface area contributed by atoms with E-state index < -0.39 is 0 Å². The normalized spacial score (nSPS) is 11.8. The van der Waals surface area contributed by atoms with Crippen LogP contribution in [-0.4, -0.2) is 28.8 Å². The molecule has 0 saturated carbocycles. The van der Waals surface area contributed by atoms with Crippen LogP contribution in [0.5, 0.6) is 0 Å². The Hall–Kier alpha value is -1.03. The van der Waals surface area contributed by atoms with E-state index in [4.69, 9.17) is 4.74 Å². The molecule has 0 radical (unpaired) electrons. The van der Waals surface area contributed by atoms with Gasteiger partial charge in [-0.05, 0) is 26.7 Å². The van der Waals surface area contributed by atoms with E-state index in [2.05, 4.69) is 35.6 Å². The molecule has 0 amide bonds. The minimum Gasteiger partial charge on any atom is -0.385 e. The molecule has 0 aliphatic rings. The zero-order chi connectivity index (χ0) is 12.0. The van der Waals surface area contributed by atoms with Crippen LogP contribution < -0.4 is 5.32 Å². The molecule has 4 heteroatoms. The molecule has 0 bridgehead atoms. The number of imidazole rings is 1. The molecule has 92 valence electrons. The van der Waals surface area contributed by atoms with Crippen molar-refractivity contribution in [2.24, 2.45) is 0 Å². The molecule has 0 unspecified atom stereocenters. The predicted octanol–water partition coefficient (Wildman–Crippen LogP) is 2.52. The molecule has 0 atom stereocenters. The summed E-state index contributed by atoms with van der Waals surface area (Å²) in [7, 11) is 1.73. The summed E-state index contributed by atoms with van der Waals surface area (Å²) in [5, 5.41) is 3.45. The molecule has 1 aromatic heterocycles. The van der Waals surface area contributed by atoms with E-state index in [0.717, 1.165) is 31.9 Å². The number of hydrogen-bond acceptors (Lipinski definition) is 3. The maximum atomic E-state index is 5.05. The van der Waals surface area contributed by atoms with Crippen LogP contribution in [0.25, 0.3) is 0 Å². The molecule has 0 saturated heterocycles. The predicted molar refractivity (Wildman–Crippen MR) is 66.7 cm³/mol. The summed E-state index contributed by atoms with van der Waals surface area (Å²) in [4.78, 5) is 4.34. The monoisotopic (exact) mass is 225 g/mol. The molecule has 16 heavy (non-hydrogen) atoms. The number of nitrogens with one attached hydrogen (secondary N) is 1. The van der Waals surface area contributed by atoms with Gasteiger partial charge in [0.05, 0.1) is 0 Å². The Kier molecular flexibility index (Phi) is 4.80. The minimum absolute atomic E-state index is 0.0877. The van der Waals surface area contributed by atoms with Gasteiger partial charge in [-0.15, -0.1) is 0 Å². The van der Waals surface area contributed by atoms with Gasteiger partial charge in [-0.1, -0.05) is 6.92 Å². The zero-order valence-corrected chi connectivity index (χ0v) is 10.8. The lowest BCUT2D eigenvalue weighted by molar-refractivity contribution is 0.190. The van der Waals surface area contributed by atoms with Crippen molar-refractivity contribution >= 4 is 5.95 Å². The maximum absolute atomic E-state index is 5.05. The van der Waals surface area contributed by atoms with Gasteiger partial charge in [0.25, 0.3) is 0 Å². The van der Waals surface area contributed by atoms with Gasteiger partial charge >= 0.3 is 0 Å². The second-order valence-electron chi connectivity index (χ2n) is 4.65. The third-order valence-electron chi connectivity index (χ3n) is 2.80. The molecule has 0 aliphatic carbocycles. The lowest BCUT2D eigenvalue weighted by Crippen LogP contribution is -2.31. The van der Waals surface area contributed by atoms with E-state index in [9.17, 15) is 0 Å². The third kappa shape index (κ3) is 3.85. The Balaban J connectivity index is 2.56. The smallest absolute Gasteiger partial charge is 0.203 e. The third-order valence-corrected chi connectivity index (χ3v) is 2.80. The van der Waals surface area contributed by atoms with Crippen molar-refractivity contribution in [2.45, 2.75) is 45.7 Å². The largest absolute Gasteiger partial charge is 0.385 e. The summed E-state index contributed by atoms with van der Waals surface area (Å²) in [5.74, 6) is 0.947. The van der Waals surface area contributed by atoms with E-state index in [1.165, 1.54) is 0 Å².